The third kappa shape index (κ3) is 3.45. The van der Waals surface area contributed by atoms with E-state index in [1.807, 2.05) is 31.2 Å². The number of hydrogen-bond donors (Lipinski definition) is 2. The minimum atomic E-state index is -0.222. The molecule has 20 heavy (non-hydrogen) atoms. The van der Waals surface area contributed by atoms with Gasteiger partial charge in [-0.2, -0.15) is 0 Å². The summed E-state index contributed by atoms with van der Waals surface area (Å²) >= 11 is 0. The summed E-state index contributed by atoms with van der Waals surface area (Å²) in [4.78, 5) is 15.9. The number of ketones is 1. The van der Waals surface area contributed by atoms with E-state index in [0.717, 1.165) is 11.1 Å². The van der Waals surface area contributed by atoms with Crippen molar-refractivity contribution in [3.8, 4) is 0 Å². The second kappa shape index (κ2) is 6.02. The van der Waals surface area contributed by atoms with Crippen LogP contribution in [0.4, 0.5) is 5.82 Å². The van der Waals surface area contributed by atoms with Crippen molar-refractivity contribution in [2.75, 3.05) is 5.73 Å². The summed E-state index contributed by atoms with van der Waals surface area (Å²) in [6, 6.07) is 11.3. The summed E-state index contributed by atoms with van der Waals surface area (Å²) in [5.41, 5.74) is 14.7. The van der Waals surface area contributed by atoms with Crippen LogP contribution in [-0.2, 0) is 6.42 Å². The Morgan fingerprint density at radius 3 is 2.80 bits per heavy atom. The lowest BCUT2D eigenvalue weighted by molar-refractivity contribution is 0.104. The minimum absolute atomic E-state index is 0.220. The van der Waals surface area contributed by atoms with Gasteiger partial charge >= 0.3 is 0 Å². The SMILES string of the molecule is Cc1cccc(C/C(N)=C/C(=O)c2cccnc2N)c1. The molecule has 1 aromatic carbocycles. The van der Waals surface area contributed by atoms with Gasteiger partial charge in [0.15, 0.2) is 5.78 Å². The van der Waals surface area contributed by atoms with Crippen LogP contribution in [0.1, 0.15) is 21.5 Å². The van der Waals surface area contributed by atoms with Gasteiger partial charge in [-0.25, -0.2) is 4.98 Å². The van der Waals surface area contributed by atoms with Crippen LogP contribution in [0, 0.1) is 6.92 Å². The molecule has 2 rings (SSSR count). The van der Waals surface area contributed by atoms with E-state index >= 15 is 0 Å². The Balaban J connectivity index is 2.15. The minimum Gasteiger partial charge on any atom is -0.402 e. The summed E-state index contributed by atoms with van der Waals surface area (Å²) in [5.74, 6) is -0.00198. The molecule has 0 amide bonds. The van der Waals surface area contributed by atoms with Gasteiger partial charge in [0.2, 0.25) is 0 Å². The zero-order valence-electron chi connectivity index (χ0n) is 11.3. The van der Waals surface area contributed by atoms with Crippen LogP contribution in [0.2, 0.25) is 0 Å². The maximum Gasteiger partial charge on any atom is 0.191 e. The zero-order valence-corrected chi connectivity index (χ0v) is 11.3. The lowest BCUT2D eigenvalue weighted by Crippen LogP contribution is -2.08. The Labute approximate surface area is 118 Å². The number of hydrogen-bond acceptors (Lipinski definition) is 4. The van der Waals surface area contributed by atoms with Gasteiger partial charge < -0.3 is 11.5 Å². The highest BCUT2D eigenvalue weighted by Crippen LogP contribution is 2.11. The number of carbonyl (C=O) groups excluding carboxylic acids is 1. The van der Waals surface area contributed by atoms with Gasteiger partial charge in [0.05, 0.1) is 5.56 Å². The molecular weight excluding hydrogens is 250 g/mol. The molecule has 4 N–H and O–H groups in total. The number of nitrogen functional groups attached to an aromatic ring is 1. The summed E-state index contributed by atoms with van der Waals surface area (Å²) in [7, 11) is 0. The molecule has 0 spiro atoms. The molecule has 0 aliphatic carbocycles. The summed E-state index contributed by atoms with van der Waals surface area (Å²) in [5, 5.41) is 0. The first-order chi connectivity index (χ1) is 9.56. The number of pyridine rings is 1. The number of allylic oxidation sites excluding steroid dienone is 2. The molecule has 2 aromatic rings. The van der Waals surface area contributed by atoms with Crippen LogP contribution >= 0.6 is 0 Å². The molecule has 0 aliphatic heterocycles. The highest BCUT2D eigenvalue weighted by Gasteiger charge is 2.08. The highest BCUT2D eigenvalue weighted by molar-refractivity contribution is 6.07. The molecule has 1 heterocycles. The molecule has 102 valence electrons. The van der Waals surface area contributed by atoms with Crippen LogP contribution in [0.5, 0.6) is 0 Å². The van der Waals surface area contributed by atoms with Crippen LogP contribution < -0.4 is 11.5 Å². The maximum absolute atomic E-state index is 12.1. The number of aryl methyl sites for hydroxylation is 1. The Morgan fingerprint density at radius 1 is 1.30 bits per heavy atom. The quantitative estimate of drug-likeness (QED) is 0.657. The van der Waals surface area contributed by atoms with Gasteiger partial charge in [-0.05, 0) is 24.6 Å². The normalized spacial score (nSPS) is 11.3. The molecule has 0 saturated carbocycles. The van der Waals surface area contributed by atoms with Crippen LogP contribution in [0.15, 0.2) is 54.4 Å². The fourth-order valence-corrected chi connectivity index (χ4v) is 1.98. The Morgan fingerprint density at radius 2 is 2.10 bits per heavy atom. The third-order valence-corrected chi connectivity index (χ3v) is 2.91. The van der Waals surface area contributed by atoms with E-state index in [4.69, 9.17) is 11.5 Å². The fraction of sp³-hybridized carbons (Fsp3) is 0.125. The Hall–Kier alpha value is -2.62. The van der Waals surface area contributed by atoms with Crippen molar-refractivity contribution >= 4 is 11.6 Å². The van der Waals surface area contributed by atoms with Crippen LogP contribution in [0.3, 0.4) is 0 Å². The molecule has 4 heteroatoms. The monoisotopic (exact) mass is 267 g/mol. The van der Waals surface area contributed by atoms with Crippen molar-refractivity contribution in [2.24, 2.45) is 5.73 Å². The number of anilines is 1. The predicted molar refractivity (Wildman–Crippen MR) is 80.1 cm³/mol. The lowest BCUT2D eigenvalue weighted by Gasteiger charge is -2.04. The first-order valence-electron chi connectivity index (χ1n) is 6.32. The van der Waals surface area contributed by atoms with Gasteiger partial charge in [0, 0.05) is 24.4 Å². The first-order valence-corrected chi connectivity index (χ1v) is 6.32. The average molecular weight is 267 g/mol. The van der Waals surface area contributed by atoms with E-state index in [9.17, 15) is 4.79 Å². The number of nitrogens with two attached hydrogens (primary N) is 2. The van der Waals surface area contributed by atoms with E-state index in [0.29, 0.717) is 17.7 Å². The van der Waals surface area contributed by atoms with Crippen molar-refractivity contribution in [1.82, 2.24) is 4.98 Å². The third-order valence-electron chi connectivity index (χ3n) is 2.91. The molecule has 0 saturated heterocycles. The number of nitrogens with zero attached hydrogens (tertiary/aromatic N) is 1. The molecule has 0 radical (unpaired) electrons. The molecule has 0 aliphatic rings. The van der Waals surface area contributed by atoms with Crippen molar-refractivity contribution in [2.45, 2.75) is 13.3 Å². The van der Waals surface area contributed by atoms with Gasteiger partial charge in [-0.1, -0.05) is 29.8 Å². The highest BCUT2D eigenvalue weighted by atomic mass is 16.1. The van der Waals surface area contributed by atoms with E-state index < -0.39 is 0 Å². The van der Waals surface area contributed by atoms with E-state index in [2.05, 4.69) is 4.98 Å². The molecular formula is C16H17N3O. The Bertz CT molecular complexity index is 662. The van der Waals surface area contributed by atoms with Crippen molar-refractivity contribution in [3.63, 3.8) is 0 Å². The summed E-state index contributed by atoms with van der Waals surface area (Å²) < 4.78 is 0. The molecule has 0 bridgehead atoms. The lowest BCUT2D eigenvalue weighted by atomic mass is 10.1. The van der Waals surface area contributed by atoms with E-state index in [1.54, 1.807) is 18.3 Å². The van der Waals surface area contributed by atoms with Crippen LogP contribution in [-0.4, -0.2) is 10.8 Å². The van der Waals surface area contributed by atoms with Gasteiger partial charge in [-0.15, -0.1) is 0 Å². The fourth-order valence-electron chi connectivity index (χ4n) is 1.98. The second-order valence-electron chi connectivity index (χ2n) is 4.69. The maximum atomic E-state index is 12.1. The van der Waals surface area contributed by atoms with Crippen LogP contribution in [0.25, 0.3) is 0 Å². The van der Waals surface area contributed by atoms with Crippen molar-refractivity contribution < 1.29 is 4.79 Å². The van der Waals surface area contributed by atoms with E-state index in [-0.39, 0.29) is 11.6 Å². The zero-order chi connectivity index (χ0) is 14.5. The molecule has 0 atom stereocenters. The number of benzene rings is 1. The van der Waals surface area contributed by atoms with Gasteiger partial charge in [0.25, 0.3) is 0 Å². The molecule has 0 fully saturated rings. The summed E-state index contributed by atoms with van der Waals surface area (Å²) in [6.07, 6.45) is 3.50. The van der Waals surface area contributed by atoms with Crippen molar-refractivity contribution in [1.29, 1.82) is 0 Å². The number of aromatic nitrogens is 1. The number of carbonyl (C=O) groups is 1. The second-order valence-corrected chi connectivity index (χ2v) is 4.69. The first kappa shape index (κ1) is 13.8. The van der Waals surface area contributed by atoms with Crippen molar-refractivity contribution in [3.05, 3.63) is 71.1 Å². The Kier molecular flexibility index (Phi) is 4.15. The molecule has 4 nitrogen and oxygen atoms in total. The average Bonchev–Trinajstić information content (AvgIpc) is 2.38. The van der Waals surface area contributed by atoms with E-state index in [1.165, 1.54) is 6.08 Å². The van der Waals surface area contributed by atoms with Gasteiger partial charge in [-0.3, -0.25) is 4.79 Å². The summed E-state index contributed by atoms with van der Waals surface area (Å²) in [6.45, 7) is 2.02. The number of rotatable bonds is 4. The topological polar surface area (TPSA) is 82.0 Å². The molecule has 0 unspecified atom stereocenters. The molecule has 1 aromatic heterocycles. The smallest absolute Gasteiger partial charge is 0.191 e. The predicted octanol–water partition coefficient (Wildman–Crippen LogP) is 2.24. The van der Waals surface area contributed by atoms with Gasteiger partial charge in [0.1, 0.15) is 5.82 Å². The largest absolute Gasteiger partial charge is 0.402 e. The standard InChI is InChI=1S/C16H17N3O/c1-11-4-2-5-12(8-11)9-13(17)10-15(20)14-6-3-7-19-16(14)18/h2-8,10H,9,17H2,1H3,(H2,18,19)/b13-10-.